The van der Waals surface area contributed by atoms with E-state index < -0.39 is 0 Å². The van der Waals surface area contributed by atoms with Crippen LogP contribution in [-0.4, -0.2) is 10.9 Å². The molecule has 1 aromatic rings. The third-order valence-electron chi connectivity index (χ3n) is 3.92. The molecule has 0 aromatic carbocycles. The molecule has 0 radical (unpaired) electrons. The molecule has 0 spiro atoms. The minimum atomic E-state index is -0.337. The fraction of sp³-hybridized carbons (Fsp3) is 0.625. The highest BCUT2D eigenvalue weighted by Crippen LogP contribution is 2.17. The van der Waals surface area contributed by atoms with E-state index in [4.69, 9.17) is 5.73 Å². The Kier molecular flexibility index (Phi) is 5.37. The molecule has 1 aliphatic carbocycles. The number of aryl methyl sites for hydroxylation is 2. The van der Waals surface area contributed by atoms with Gasteiger partial charge in [0.2, 0.25) is 0 Å². The first-order chi connectivity index (χ1) is 9.27. The number of carbonyl (C=O) groups excluding carboxylic acids is 1. The maximum absolute atomic E-state index is 11.5. The molecule has 2 aliphatic rings. The standard InChI is InChI=1S/C16H24N2O/c17-16(19)14-11-13-9-7-5-3-1-2-4-6-8-10-15(14)18-12-13/h11-12H,1-10H2,(H2,17,19). The molecule has 1 amide bonds. The smallest absolute Gasteiger partial charge is 0.250 e. The summed E-state index contributed by atoms with van der Waals surface area (Å²) in [6.45, 7) is 0. The minimum Gasteiger partial charge on any atom is -0.366 e. The molecule has 0 saturated carbocycles. The largest absolute Gasteiger partial charge is 0.366 e. The second kappa shape index (κ2) is 7.27. The Morgan fingerprint density at radius 2 is 1.53 bits per heavy atom. The molecule has 1 aromatic heterocycles. The van der Waals surface area contributed by atoms with E-state index in [9.17, 15) is 4.79 Å². The van der Waals surface area contributed by atoms with Crippen molar-refractivity contribution in [2.45, 2.75) is 64.2 Å². The Morgan fingerprint density at radius 3 is 2.16 bits per heavy atom. The second-order valence-electron chi connectivity index (χ2n) is 5.53. The number of primary amides is 1. The fourth-order valence-electron chi connectivity index (χ4n) is 2.77. The van der Waals surface area contributed by atoms with Crippen molar-refractivity contribution in [1.82, 2.24) is 4.98 Å². The molecule has 2 N–H and O–H groups in total. The molecule has 3 heteroatoms. The van der Waals surface area contributed by atoms with Crippen molar-refractivity contribution in [3.05, 3.63) is 29.1 Å². The predicted octanol–water partition coefficient (Wildman–Crippen LogP) is 3.40. The lowest BCUT2D eigenvalue weighted by molar-refractivity contribution is 0.0999. The minimum absolute atomic E-state index is 0.337. The van der Waals surface area contributed by atoms with Crippen LogP contribution in [0.1, 0.15) is 73.0 Å². The average Bonchev–Trinajstić information content (AvgIpc) is 2.41. The molecule has 0 unspecified atom stereocenters. The summed E-state index contributed by atoms with van der Waals surface area (Å²) in [7, 11) is 0. The molecule has 3 nitrogen and oxygen atoms in total. The quantitative estimate of drug-likeness (QED) is 0.841. The highest BCUT2D eigenvalue weighted by Gasteiger charge is 2.11. The zero-order valence-corrected chi connectivity index (χ0v) is 11.7. The first kappa shape index (κ1) is 14.0. The SMILES string of the molecule is NC(=O)c1cc2cnc1CCCCCCCCCC2. The molecule has 0 atom stereocenters. The van der Waals surface area contributed by atoms with Gasteiger partial charge in [-0.2, -0.15) is 0 Å². The van der Waals surface area contributed by atoms with Gasteiger partial charge in [-0.25, -0.2) is 0 Å². The molecular weight excluding hydrogens is 236 g/mol. The molecular formula is C16H24N2O. The lowest BCUT2D eigenvalue weighted by Gasteiger charge is -2.10. The van der Waals surface area contributed by atoms with Gasteiger partial charge < -0.3 is 5.73 Å². The molecule has 19 heavy (non-hydrogen) atoms. The van der Waals surface area contributed by atoms with Gasteiger partial charge in [0.25, 0.3) is 5.91 Å². The third kappa shape index (κ3) is 4.34. The van der Waals surface area contributed by atoms with Gasteiger partial charge in [0.15, 0.2) is 0 Å². The summed E-state index contributed by atoms with van der Waals surface area (Å²) in [4.78, 5) is 16.0. The average molecular weight is 260 g/mol. The Hall–Kier alpha value is -1.38. The Morgan fingerprint density at radius 1 is 0.947 bits per heavy atom. The van der Waals surface area contributed by atoms with E-state index in [1.54, 1.807) is 0 Å². The third-order valence-corrected chi connectivity index (χ3v) is 3.92. The van der Waals surface area contributed by atoms with Crippen LogP contribution in [0.5, 0.6) is 0 Å². The Balaban J connectivity index is 2.15. The summed E-state index contributed by atoms with van der Waals surface area (Å²) in [6.07, 6.45) is 13.9. The first-order valence-electron chi connectivity index (χ1n) is 7.55. The van der Waals surface area contributed by atoms with Crippen LogP contribution in [0, 0.1) is 0 Å². The number of hydrogen-bond donors (Lipinski definition) is 1. The van der Waals surface area contributed by atoms with E-state index in [-0.39, 0.29) is 5.91 Å². The van der Waals surface area contributed by atoms with Gasteiger partial charge in [-0.05, 0) is 37.3 Å². The van der Waals surface area contributed by atoms with E-state index in [1.165, 1.54) is 44.9 Å². The number of hydrogen-bond acceptors (Lipinski definition) is 2. The van der Waals surface area contributed by atoms with Gasteiger partial charge in [0, 0.05) is 6.20 Å². The van der Waals surface area contributed by atoms with Crippen LogP contribution in [0.25, 0.3) is 0 Å². The lowest BCUT2D eigenvalue weighted by atomic mass is 9.99. The van der Waals surface area contributed by atoms with Crippen LogP contribution in [0.15, 0.2) is 12.3 Å². The summed E-state index contributed by atoms with van der Waals surface area (Å²) >= 11 is 0. The van der Waals surface area contributed by atoms with Crippen LogP contribution in [0.4, 0.5) is 0 Å². The number of amides is 1. The number of carbonyl (C=O) groups is 1. The number of nitrogens with zero attached hydrogens (tertiary/aromatic N) is 1. The number of nitrogens with two attached hydrogens (primary N) is 1. The lowest BCUT2D eigenvalue weighted by Crippen LogP contribution is -2.15. The zero-order valence-electron chi connectivity index (χ0n) is 11.7. The molecule has 104 valence electrons. The summed E-state index contributed by atoms with van der Waals surface area (Å²) in [5, 5.41) is 0. The van der Waals surface area contributed by atoms with Gasteiger partial charge >= 0.3 is 0 Å². The molecule has 0 saturated heterocycles. The van der Waals surface area contributed by atoms with Crippen molar-refractivity contribution in [2.24, 2.45) is 5.73 Å². The van der Waals surface area contributed by atoms with E-state index in [0.717, 1.165) is 30.5 Å². The predicted molar refractivity (Wildman–Crippen MR) is 77.1 cm³/mol. The monoisotopic (exact) mass is 260 g/mol. The number of aromatic nitrogens is 1. The van der Waals surface area contributed by atoms with Gasteiger partial charge in [0.1, 0.15) is 0 Å². The van der Waals surface area contributed by atoms with E-state index in [2.05, 4.69) is 4.98 Å². The van der Waals surface area contributed by atoms with E-state index in [1.807, 2.05) is 12.3 Å². The Bertz CT molecular complexity index is 429. The molecule has 3 rings (SSSR count). The topological polar surface area (TPSA) is 56.0 Å². The van der Waals surface area contributed by atoms with Crippen LogP contribution in [0.2, 0.25) is 0 Å². The maximum Gasteiger partial charge on any atom is 0.250 e. The van der Waals surface area contributed by atoms with Crippen LogP contribution in [0.3, 0.4) is 0 Å². The van der Waals surface area contributed by atoms with Gasteiger partial charge in [-0.1, -0.05) is 38.5 Å². The highest BCUT2D eigenvalue weighted by molar-refractivity contribution is 5.94. The summed E-state index contributed by atoms with van der Waals surface area (Å²) < 4.78 is 0. The summed E-state index contributed by atoms with van der Waals surface area (Å²) in [5.74, 6) is -0.337. The van der Waals surface area contributed by atoms with E-state index >= 15 is 0 Å². The van der Waals surface area contributed by atoms with Crippen LogP contribution >= 0.6 is 0 Å². The van der Waals surface area contributed by atoms with Crippen molar-refractivity contribution < 1.29 is 4.79 Å². The number of rotatable bonds is 1. The number of pyridine rings is 1. The van der Waals surface area contributed by atoms with Crippen LogP contribution < -0.4 is 5.73 Å². The molecule has 0 fully saturated rings. The molecule has 2 heterocycles. The second-order valence-corrected chi connectivity index (χ2v) is 5.53. The fourth-order valence-corrected chi connectivity index (χ4v) is 2.77. The van der Waals surface area contributed by atoms with Crippen molar-refractivity contribution in [1.29, 1.82) is 0 Å². The van der Waals surface area contributed by atoms with Gasteiger partial charge in [-0.15, -0.1) is 0 Å². The summed E-state index contributed by atoms with van der Waals surface area (Å²) in [5.41, 5.74) is 8.14. The number of fused-ring (bicyclic) bond motifs is 11. The Labute approximate surface area is 115 Å². The molecule has 2 bridgehead atoms. The molecule has 1 aliphatic heterocycles. The normalized spacial score (nSPS) is 17.9. The highest BCUT2D eigenvalue weighted by atomic mass is 16.1. The van der Waals surface area contributed by atoms with Gasteiger partial charge in [0.05, 0.1) is 11.3 Å². The summed E-state index contributed by atoms with van der Waals surface area (Å²) in [6, 6.07) is 1.95. The van der Waals surface area contributed by atoms with Crippen molar-refractivity contribution >= 4 is 5.91 Å². The van der Waals surface area contributed by atoms with E-state index in [0.29, 0.717) is 5.56 Å². The first-order valence-corrected chi connectivity index (χ1v) is 7.55. The van der Waals surface area contributed by atoms with Crippen molar-refractivity contribution in [3.8, 4) is 0 Å². The van der Waals surface area contributed by atoms with Gasteiger partial charge in [-0.3, -0.25) is 9.78 Å². The zero-order chi connectivity index (χ0) is 13.5. The maximum atomic E-state index is 11.5. The van der Waals surface area contributed by atoms with Crippen molar-refractivity contribution in [3.63, 3.8) is 0 Å². The van der Waals surface area contributed by atoms with Crippen molar-refractivity contribution in [2.75, 3.05) is 0 Å². The van der Waals surface area contributed by atoms with Crippen LogP contribution in [-0.2, 0) is 12.8 Å².